The first kappa shape index (κ1) is 14.7. The van der Waals surface area contributed by atoms with Gasteiger partial charge in [0.25, 0.3) is 0 Å². The molecule has 3 aliphatic carbocycles. The van der Waals surface area contributed by atoms with E-state index in [1.54, 1.807) is 7.11 Å². The van der Waals surface area contributed by atoms with Crippen LogP contribution in [0.3, 0.4) is 0 Å². The van der Waals surface area contributed by atoms with Gasteiger partial charge in [-0.05, 0) is 71.6 Å². The predicted octanol–water partition coefficient (Wildman–Crippen LogP) is 4.73. The molecule has 0 fully saturated rings. The summed E-state index contributed by atoms with van der Waals surface area (Å²) in [6.07, 6.45) is 5.93. The van der Waals surface area contributed by atoms with Crippen LogP contribution in [0.4, 0.5) is 0 Å². The molecule has 0 radical (unpaired) electrons. The van der Waals surface area contributed by atoms with Gasteiger partial charge in [-0.15, -0.1) is 0 Å². The molecular formula is C21H24O2. The molecule has 0 amide bonds. The number of ether oxygens (including phenoxy) is 1. The highest BCUT2D eigenvalue weighted by Crippen LogP contribution is 2.56. The van der Waals surface area contributed by atoms with E-state index in [-0.39, 0.29) is 10.8 Å². The molecule has 3 aliphatic rings. The molecule has 2 nitrogen and oxygen atoms in total. The first-order chi connectivity index (χ1) is 10.8. The van der Waals surface area contributed by atoms with Gasteiger partial charge < -0.3 is 4.74 Å². The van der Waals surface area contributed by atoms with E-state index < -0.39 is 0 Å². The van der Waals surface area contributed by atoms with Gasteiger partial charge in [0.15, 0.2) is 0 Å². The van der Waals surface area contributed by atoms with Crippen LogP contribution in [0.5, 0.6) is 5.75 Å². The monoisotopic (exact) mass is 308 g/mol. The lowest BCUT2D eigenvalue weighted by atomic mass is 9.59. The Bertz CT molecular complexity index is 779. The summed E-state index contributed by atoms with van der Waals surface area (Å²) in [5.41, 5.74) is 6.55. The number of fused-ring (bicyclic) bond motifs is 4. The number of hydrogen-bond donors (Lipinski definition) is 0. The van der Waals surface area contributed by atoms with Gasteiger partial charge in [-0.2, -0.15) is 0 Å². The Labute approximate surface area is 138 Å². The lowest BCUT2D eigenvalue weighted by Crippen LogP contribution is -2.40. The minimum absolute atomic E-state index is 0.0339. The Morgan fingerprint density at radius 1 is 1.13 bits per heavy atom. The number of carbonyl (C=O) groups is 1. The Kier molecular flexibility index (Phi) is 2.94. The summed E-state index contributed by atoms with van der Waals surface area (Å²) in [7, 11) is 1.71. The molecular weight excluding hydrogens is 284 g/mol. The normalized spacial score (nSPS) is 28.0. The van der Waals surface area contributed by atoms with Crippen molar-refractivity contribution < 1.29 is 9.53 Å². The van der Waals surface area contributed by atoms with E-state index in [2.05, 4.69) is 39.0 Å². The summed E-state index contributed by atoms with van der Waals surface area (Å²) >= 11 is 0. The number of allylic oxidation sites excluding steroid dienone is 4. The van der Waals surface area contributed by atoms with Crippen LogP contribution in [-0.2, 0) is 11.2 Å². The number of hydrogen-bond acceptors (Lipinski definition) is 2. The fourth-order valence-corrected chi connectivity index (χ4v) is 4.57. The maximum atomic E-state index is 12.8. The van der Waals surface area contributed by atoms with Crippen molar-refractivity contribution in [1.82, 2.24) is 0 Å². The molecule has 1 aromatic rings. The van der Waals surface area contributed by atoms with Gasteiger partial charge in [0, 0.05) is 6.42 Å². The van der Waals surface area contributed by atoms with Crippen molar-refractivity contribution in [3.05, 3.63) is 46.5 Å². The van der Waals surface area contributed by atoms with Gasteiger partial charge in [-0.25, -0.2) is 0 Å². The summed E-state index contributed by atoms with van der Waals surface area (Å²) in [5, 5.41) is 0. The smallest absolute Gasteiger partial charge is 0.143 e. The number of ketones is 1. The Morgan fingerprint density at radius 3 is 2.65 bits per heavy atom. The maximum absolute atomic E-state index is 12.8. The quantitative estimate of drug-likeness (QED) is 0.749. The minimum atomic E-state index is -0.277. The summed E-state index contributed by atoms with van der Waals surface area (Å²) in [5.74, 6) is 1.33. The summed E-state index contributed by atoms with van der Waals surface area (Å²) in [6.45, 7) is 6.51. The van der Waals surface area contributed by atoms with Crippen LogP contribution < -0.4 is 4.74 Å². The highest BCUT2D eigenvalue weighted by molar-refractivity contribution is 5.95. The average molecular weight is 308 g/mol. The van der Waals surface area contributed by atoms with E-state index in [0.717, 1.165) is 25.0 Å². The van der Waals surface area contributed by atoms with Crippen LogP contribution in [0.15, 0.2) is 35.4 Å². The second kappa shape index (κ2) is 4.59. The summed E-state index contributed by atoms with van der Waals surface area (Å²) < 4.78 is 5.38. The molecule has 0 saturated heterocycles. The van der Waals surface area contributed by atoms with Crippen LogP contribution in [0.25, 0.3) is 5.57 Å². The van der Waals surface area contributed by atoms with Crippen LogP contribution in [0.1, 0.15) is 51.2 Å². The Morgan fingerprint density at radius 2 is 1.91 bits per heavy atom. The number of carbonyl (C=O) groups excluding carboxylic acids is 1. The zero-order valence-corrected chi connectivity index (χ0v) is 14.5. The zero-order chi connectivity index (χ0) is 16.4. The fourth-order valence-electron chi connectivity index (χ4n) is 4.57. The van der Waals surface area contributed by atoms with Crippen molar-refractivity contribution in [2.75, 3.05) is 7.11 Å². The van der Waals surface area contributed by atoms with Crippen molar-refractivity contribution >= 4 is 11.4 Å². The van der Waals surface area contributed by atoms with Gasteiger partial charge in [0.05, 0.1) is 12.5 Å². The number of Topliss-reactive ketones (excluding diaryl/α,β-unsaturated/α-hetero) is 1. The van der Waals surface area contributed by atoms with E-state index in [9.17, 15) is 4.79 Å². The second-order valence-electron chi connectivity index (χ2n) is 8.14. The van der Waals surface area contributed by atoms with Crippen molar-refractivity contribution in [2.45, 2.75) is 46.5 Å². The molecule has 1 aromatic carbocycles. The van der Waals surface area contributed by atoms with E-state index in [0.29, 0.717) is 12.2 Å². The average Bonchev–Trinajstić information content (AvgIpc) is 2.86. The summed E-state index contributed by atoms with van der Waals surface area (Å²) in [4.78, 5) is 12.8. The van der Waals surface area contributed by atoms with Crippen LogP contribution in [0, 0.1) is 10.8 Å². The van der Waals surface area contributed by atoms with E-state index in [1.807, 2.05) is 6.07 Å². The van der Waals surface area contributed by atoms with Gasteiger partial charge in [-0.1, -0.05) is 26.0 Å². The molecule has 120 valence electrons. The number of rotatable bonds is 1. The predicted molar refractivity (Wildman–Crippen MR) is 92.4 cm³/mol. The largest absolute Gasteiger partial charge is 0.497 e. The van der Waals surface area contributed by atoms with Gasteiger partial charge in [0.1, 0.15) is 11.5 Å². The first-order valence-electron chi connectivity index (χ1n) is 8.50. The molecule has 23 heavy (non-hydrogen) atoms. The molecule has 0 aromatic heterocycles. The molecule has 0 N–H and O–H groups in total. The molecule has 0 aliphatic heterocycles. The Hall–Kier alpha value is -1.83. The topological polar surface area (TPSA) is 26.3 Å². The highest BCUT2D eigenvalue weighted by Gasteiger charge is 2.48. The Balaban J connectivity index is 1.86. The fraction of sp³-hybridized carbons (Fsp3) is 0.476. The third-order valence-corrected chi connectivity index (χ3v) is 5.93. The molecule has 0 spiro atoms. The third-order valence-electron chi connectivity index (χ3n) is 5.93. The molecule has 2 heteroatoms. The highest BCUT2D eigenvalue weighted by atomic mass is 16.5. The van der Waals surface area contributed by atoms with Crippen molar-refractivity contribution in [1.29, 1.82) is 0 Å². The zero-order valence-electron chi connectivity index (χ0n) is 14.5. The first-order valence-corrected chi connectivity index (χ1v) is 8.50. The standard InChI is InChI=1S/C21H24O2/c1-20(2)11-18-17-10-13-9-14(23-4)5-6-15(13)16(17)7-8-21(18,3)19(22)12-20/h5-6,9,11H,7-8,10,12H2,1-4H3/t21-/m0/s1. The summed E-state index contributed by atoms with van der Waals surface area (Å²) in [6, 6.07) is 6.39. The van der Waals surface area contributed by atoms with Crippen molar-refractivity contribution in [3.63, 3.8) is 0 Å². The molecule has 0 saturated carbocycles. The number of benzene rings is 1. The van der Waals surface area contributed by atoms with E-state index >= 15 is 0 Å². The van der Waals surface area contributed by atoms with Crippen molar-refractivity contribution in [2.24, 2.45) is 10.8 Å². The van der Waals surface area contributed by atoms with Gasteiger partial charge >= 0.3 is 0 Å². The van der Waals surface area contributed by atoms with Gasteiger partial charge in [0.2, 0.25) is 0 Å². The van der Waals surface area contributed by atoms with Gasteiger partial charge in [-0.3, -0.25) is 4.79 Å². The number of methoxy groups -OCH3 is 1. The lowest BCUT2D eigenvalue weighted by Gasteiger charge is -2.43. The maximum Gasteiger partial charge on any atom is 0.143 e. The minimum Gasteiger partial charge on any atom is -0.497 e. The molecule has 4 rings (SSSR count). The molecule has 0 unspecified atom stereocenters. The van der Waals surface area contributed by atoms with Crippen LogP contribution >= 0.6 is 0 Å². The molecule has 0 bridgehead atoms. The molecule has 1 atom stereocenters. The second-order valence-corrected chi connectivity index (χ2v) is 8.14. The lowest BCUT2D eigenvalue weighted by molar-refractivity contribution is -0.128. The van der Waals surface area contributed by atoms with Crippen LogP contribution in [-0.4, -0.2) is 12.9 Å². The van der Waals surface area contributed by atoms with Crippen molar-refractivity contribution in [3.8, 4) is 5.75 Å². The molecule has 0 heterocycles. The van der Waals surface area contributed by atoms with E-state index in [4.69, 9.17) is 4.74 Å². The SMILES string of the molecule is COc1ccc2c(c1)CC1=C2CC[C@]2(C)C(=O)CC(C)(C)C=C12. The van der Waals surface area contributed by atoms with E-state index in [1.165, 1.54) is 27.8 Å². The third kappa shape index (κ3) is 2.04. The van der Waals surface area contributed by atoms with Crippen LogP contribution in [0.2, 0.25) is 0 Å².